The molecular formula is C19H26N2O4. The Morgan fingerprint density at radius 2 is 1.96 bits per heavy atom. The summed E-state index contributed by atoms with van der Waals surface area (Å²) in [5.74, 6) is 0.403. The molecule has 0 spiro atoms. The maximum atomic E-state index is 12.9. The van der Waals surface area contributed by atoms with Crippen LogP contribution in [0.4, 0.5) is 0 Å². The Bertz CT molecular complexity index is 576. The van der Waals surface area contributed by atoms with E-state index < -0.39 is 0 Å². The maximum Gasteiger partial charge on any atom is 0.226 e. The molecule has 3 atom stereocenters. The van der Waals surface area contributed by atoms with Gasteiger partial charge in [-0.3, -0.25) is 9.78 Å². The van der Waals surface area contributed by atoms with Crippen LogP contribution in [0.15, 0.2) is 24.5 Å². The number of carbonyl (C=O) groups is 1. The number of fused-ring (bicyclic) bond motifs is 1. The van der Waals surface area contributed by atoms with Crippen molar-refractivity contribution in [1.29, 1.82) is 0 Å². The third-order valence-electron chi connectivity index (χ3n) is 5.60. The third-order valence-corrected chi connectivity index (χ3v) is 5.60. The molecule has 3 heterocycles. The summed E-state index contributed by atoms with van der Waals surface area (Å²) in [6.45, 7) is 3.27. The minimum absolute atomic E-state index is 0.000576. The minimum atomic E-state index is -0.000576. The van der Waals surface area contributed by atoms with Crippen molar-refractivity contribution in [3.63, 3.8) is 0 Å². The smallest absolute Gasteiger partial charge is 0.226 e. The first-order valence-electron chi connectivity index (χ1n) is 9.33. The lowest BCUT2D eigenvalue weighted by atomic mass is 9.97. The van der Waals surface area contributed by atoms with E-state index in [-0.39, 0.29) is 30.1 Å². The van der Waals surface area contributed by atoms with Crippen LogP contribution in [0, 0.1) is 5.92 Å². The number of aromatic nitrogens is 1. The number of nitrogens with zero attached hydrogens (tertiary/aromatic N) is 2. The van der Waals surface area contributed by atoms with Gasteiger partial charge in [-0.05, 0) is 43.4 Å². The molecule has 4 rings (SSSR count). The first-order valence-corrected chi connectivity index (χ1v) is 9.33. The summed E-state index contributed by atoms with van der Waals surface area (Å²) < 4.78 is 17.5. The van der Waals surface area contributed by atoms with Crippen LogP contribution in [-0.4, -0.2) is 60.4 Å². The number of carbonyl (C=O) groups excluding carboxylic acids is 1. The lowest BCUT2D eigenvalue weighted by Gasteiger charge is -2.41. The van der Waals surface area contributed by atoms with Gasteiger partial charge in [0.25, 0.3) is 0 Å². The first-order chi connectivity index (χ1) is 12.3. The molecule has 3 fully saturated rings. The van der Waals surface area contributed by atoms with Crippen molar-refractivity contribution >= 4 is 5.91 Å². The fraction of sp³-hybridized carbons (Fsp3) is 0.684. The second kappa shape index (κ2) is 7.81. The highest BCUT2D eigenvalue weighted by Gasteiger charge is 2.46. The predicted molar refractivity (Wildman–Crippen MR) is 90.8 cm³/mol. The number of ether oxygens (including phenoxy) is 3. The molecule has 1 aromatic rings. The Morgan fingerprint density at radius 1 is 1.16 bits per heavy atom. The van der Waals surface area contributed by atoms with Gasteiger partial charge in [0.2, 0.25) is 5.91 Å². The molecule has 0 bridgehead atoms. The van der Waals surface area contributed by atoms with Gasteiger partial charge in [-0.2, -0.15) is 0 Å². The molecule has 2 saturated heterocycles. The lowest BCUT2D eigenvalue weighted by molar-refractivity contribution is -0.158. The molecule has 0 unspecified atom stereocenters. The van der Waals surface area contributed by atoms with Gasteiger partial charge in [0.1, 0.15) is 6.10 Å². The van der Waals surface area contributed by atoms with Crippen molar-refractivity contribution in [2.45, 2.75) is 50.5 Å². The number of pyridine rings is 1. The number of rotatable bonds is 4. The van der Waals surface area contributed by atoms with E-state index in [2.05, 4.69) is 9.88 Å². The summed E-state index contributed by atoms with van der Waals surface area (Å²) in [5.41, 5.74) is 1.12. The summed E-state index contributed by atoms with van der Waals surface area (Å²) >= 11 is 0. The zero-order valence-electron chi connectivity index (χ0n) is 14.5. The average Bonchev–Trinajstić information content (AvgIpc) is 3.10. The standard InChI is InChI=1S/C19H26N2O4/c22-19(15-5-10-23-11-6-15)21-9-12-24-18-16(21)1-2-17(18)25-13-14-3-7-20-8-4-14/h3-4,7-8,15-18H,1-2,5-6,9-13H2/t16-,17-,18-/m1/s1. The molecule has 0 radical (unpaired) electrons. The zero-order chi connectivity index (χ0) is 17.1. The highest BCUT2D eigenvalue weighted by molar-refractivity contribution is 5.79. The van der Waals surface area contributed by atoms with Crippen LogP contribution in [0.3, 0.4) is 0 Å². The summed E-state index contributed by atoms with van der Waals surface area (Å²) in [4.78, 5) is 19.0. The van der Waals surface area contributed by atoms with Crippen molar-refractivity contribution in [2.75, 3.05) is 26.4 Å². The third kappa shape index (κ3) is 3.71. The topological polar surface area (TPSA) is 60.9 Å². The summed E-state index contributed by atoms with van der Waals surface area (Å²) in [7, 11) is 0. The van der Waals surface area contributed by atoms with Crippen molar-refractivity contribution in [3.05, 3.63) is 30.1 Å². The van der Waals surface area contributed by atoms with Crippen LogP contribution in [0.5, 0.6) is 0 Å². The van der Waals surface area contributed by atoms with Crippen molar-refractivity contribution in [1.82, 2.24) is 9.88 Å². The number of hydrogen-bond donors (Lipinski definition) is 0. The Labute approximate surface area is 148 Å². The SMILES string of the molecule is O=C(C1CCOCC1)N1CCO[C@@H]2[C@H]1CC[C@H]2OCc1ccncc1. The predicted octanol–water partition coefficient (Wildman–Crippen LogP) is 1.78. The van der Waals surface area contributed by atoms with E-state index in [1.807, 2.05) is 12.1 Å². The quantitative estimate of drug-likeness (QED) is 0.832. The van der Waals surface area contributed by atoms with Gasteiger partial charge in [0.05, 0.1) is 25.4 Å². The number of amides is 1. The van der Waals surface area contributed by atoms with Crippen LogP contribution in [-0.2, 0) is 25.6 Å². The normalized spacial score (nSPS) is 30.2. The molecule has 1 saturated carbocycles. The summed E-state index contributed by atoms with van der Waals surface area (Å²) in [5, 5.41) is 0. The Hall–Kier alpha value is -1.50. The fourth-order valence-corrected chi connectivity index (χ4v) is 4.23. The Balaban J connectivity index is 1.37. The Morgan fingerprint density at radius 3 is 2.76 bits per heavy atom. The van der Waals surface area contributed by atoms with Crippen molar-refractivity contribution < 1.29 is 19.0 Å². The second-order valence-electron chi connectivity index (χ2n) is 7.10. The van der Waals surface area contributed by atoms with E-state index in [1.165, 1.54) is 0 Å². The van der Waals surface area contributed by atoms with Crippen LogP contribution >= 0.6 is 0 Å². The Kier molecular flexibility index (Phi) is 5.29. The van der Waals surface area contributed by atoms with Crippen LogP contribution in [0.2, 0.25) is 0 Å². The van der Waals surface area contributed by atoms with Crippen LogP contribution < -0.4 is 0 Å². The van der Waals surface area contributed by atoms with E-state index >= 15 is 0 Å². The molecular weight excluding hydrogens is 320 g/mol. The molecule has 2 aliphatic heterocycles. The van der Waals surface area contributed by atoms with Gasteiger partial charge in [-0.15, -0.1) is 0 Å². The highest BCUT2D eigenvalue weighted by atomic mass is 16.5. The molecule has 0 aromatic carbocycles. The lowest BCUT2D eigenvalue weighted by Crippen LogP contribution is -2.55. The van der Waals surface area contributed by atoms with Crippen molar-refractivity contribution in [2.24, 2.45) is 5.92 Å². The van der Waals surface area contributed by atoms with E-state index in [4.69, 9.17) is 14.2 Å². The number of hydrogen-bond acceptors (Lipinski definition) is 5. The maximum absolute atomic E-state index is 12.9. The van der Waals surface area contributed by atoms with Gasteiger partial charge in [0.15, 0.2) is 0 Å². The molecule has 6 nitrogen and oxygen atoms in total. The molecule has 1 amide bonds. The monoisotopic (exact) mass is 346 g/mol. The molecule has 1 aliphatic carbocycles. The molecule has 136 valence electrons. The van der Waals surface area contributed by atoms with Gasteiger partial charge in [-0.25, -0.2) is 0 Å². The average molecular weight is 346 g/mol. The summed E-state index contributed by atoms with van der Waals surface area (Å²) in [6, 6.07) is 4.09. The fourth-order valence-electron chi connectivity index (χ4n) is 4.23. The molecule has 0 N–H and O–H groups in total. The van der Waals surface area contributed by atoms with Gasteiger partial charge in [-0.1, -0.05) is 0 Å². The summed E-state index contributed by atoms with van der Waals surface area (Å²) in [6.07, 6.45) is 7.20. The molecule has 3 aliphatic rings. The van der Waals surface area contributed by atoms with Crippen molar-refractivity contribution in [3.8, 4) is 0 Å². The van der Waals surface area contributed by atoms with Gasteiger partial charge in [0, 0.05) is 38.1 Å². The van der Waals surface area contributed by atoms with Gasteiger partial charge < -0.3 is 19.1 Å². The number of morpholine rings is 1. The zero-order valence-corrected chi connectivity index (χ0v) is 14.5. The van der Waals surface area contributed by atoms with Gasteiger partial charge >= 0.3 is 0 Å². The van der Waals surface area contributed by atoms with Crippen LogP contribution in [0.1, 0.15) is 31.2 Å². The largest absolute Gasteiger partial charge is 0.381 e. The van der Waals surface area contributed by atoms with E-state index in [0.29, 0.717) is 33.0 Å². The van der Waals surface area contributed by atoms with E-state index in [9.17, 15) is 4.79 Å². The molecule has 6 heteroatoms. The highest BCUT2D eigenvalue weighted by Crippen LogP contribution is 2.34. The first kappa shape index (κ1) is 16.9. The molecule has 1 aromatic heterocycles. The minimum Gasteiger partial charge on any atom is -0.381 e. The van der Waals surface area contributed by atoms with E-state index in [0.717, 1.165) is 31.2 Å². The second-order valence-corrected chi connectivity index (χ2v) is 7.10. The van der Waals surface area contributed by atoms with Crippen LogP contribution in [0.25, 0.3) is 0 Å². The molecule has 25 heavy (non-hydrogen) atoms. The van der Waals surface area contributed by atoms with E-state index in [1.54, 1.807) is 12.4 Å².